The van der Waals surface area contributed by atoms with Crippen LogP contribution in [0.2, 0.25) is 0 Å². The minimum atomic E-state index is -2.95. The predicted molar refractivity (Wildman–Crippen MR) is 123 cm³/mol. The van der Waals surface area contributed by atoms with Crippen LogP contribution >= 0.6 is 0 Å². The van der Waals surface area contributed by atoms with E-state index in [1.54, 1.807) is 4.68 Å². The summed E-state index contributed by atoms with van der Waals surface area (Å²) in [4.78, 5) is 2.19. The lowest BCUT2D eigenvalue weighted by Gasteiger charge is -2.26. The minimum absolute atomic E-state index is 0.0118. The van der Waals surface area contributed by atoms with Gasteiger partial charge in [-0.1, -0.05) is 24.3 Å². The second-order valence-corrected chi connectivity index (χ2v) is 10.1. The van der Waals surface area contributed by atoms with Gasteiger partial charge in [0.1, 0.15) is 11.5 Å². The topological polar surface area (TPSA) is 64.4 Å². The molecule has 6 nitrogen and oxygen atoms in total. The van der Waals surface area contributed by atoms with Crippen molar-refractivity contribution < 1.29 is 13.2 Å². The van der Waals surface area contributed by atoms with Crippen molar-refractivity contribution in [2.45, 2.75) is 19.0 Å². The molecule has 0 radical (unpaired) electrons. The molecule has 3 aromatic rings. The quantitative estimate of drug-likeness (QED) is 0.498. The molecule has 2 heterocycles. The Morgan fingerprint density at radius 3 is 2.52 bits per heavy atom. The number of nitrogens with zero attached hydrogens (tertiary/aromatic N) is 3. The van der Waals surface area contributed by atoms with Crippen LogP contribution in [0.1, 0.15) is 12.0 Å². The lowest BCUT2D eigenvalue weighted by Crippen LogP contribution is -2.35. The average molecular weight is 438 g/mol. The zero-order valence-corrected chi connectivity index (χ0v) is 18.5. The molecule has 4 rings (SSSR count). The maximum Gasteiger partial charge on any atom is 0.151 e. The van der Waals surface area contributed by atoms with E-state index in [4.69, 9.17) is 4.74 Å². The highest BCUT2D eigenvalue weighted by Gasteiger charge is 2.32. The zero-order valence-electron chi connectivity index (χ0n) is 17.6. The fraction of sp³-hybridized carbons (Fsp3) is 0.292. The smallest absolute Gasteiger partial charge is 0.151 e. The van der Waals surface area contributed by atoms with Gasteiger partial charge in [0.25, 0.3) is 0 Å². The van der Waals surface area contributed by atoms with Crippen molar-refractivity contribution in [1.82, 2.24) is 14.7 Å². The number of rotatable bonds is 8. The van der Waals surface area contributed by atoms with E-state index in [-0.39, 0.29) is 17.5 Å². The van der Waals surface area contributed by atoms with E-state index < -0.39 is 9.84 Å². The van der Waals surface area contributed by atoms with Crippen LogP contribution in [-0.4, -0.2) is 47.2 Å². The first-order valence-corrected chi connectivity index (χ1v) is 12.2. The summed E-state index contributed by atoms with van der Waals surface area (Å²) >= 11 is 0. The molecule has 1 aromatic heterocycles. The van der Waals surface area contributed by atoms with E-state index in [1.807, 2.05) is 73.9 Å². The highest BCUT2D eigenvalue weighted by Crippen LogP contribution is 2.29. The van der Waals surface area contributed by atoms with Crippen LogP contribution in [0.4, 0.5) is 0 Å². The van der Waals surface area contributed by atoms with Crippen LogP contribution in [-0.2, 0) is 23.4 Å². The molecule has 7 heteroatoms. The molecule has 31 heavy (non-hydrogen) atoms. The van der Waals surface area contributed by atoms with Crippen molar-refractivity contribution in [2.75, 3.05) is 18.1 Å². The third kappa shape index (κ3) is 5.24. The number of para-hydroxylation sites is 1. The zero-order chi connectivity index (χ0) is 21.8. The van der Waals surface area contributed by atoms with Gasteiger partial charge in [-0.25, -0.2) is 8.42 Å². The van der Waals surface area contributed by atoms with E-state index in [2.05, 4.69) is 16.6 Å². The van der Waals surface area contributed by atoms with Gasteiger partial charge in [-0.15, -0.1) is 6.58 Å². The van der Waals surface area contributed by atoms with Crippen molar-refractivity contribution in [3.8, 4) is 22.8 Å². The van der Waals surface area contributed by atoms with Crippen molar-refractivity contribution in [2.24, 2.45) is 7.05 Å². The highest BCUT2D eigenvalue weighted by molar-refractivity contribution is 7.91. The van der Waals surface area contributed by atoms with Gasteiger partial charge in [-0.3, -0.25) is 9.58 Å². The lowest BCUT2D eigenvalue weighted by atomic mass is 10.1. The first-order chi connectivity index (χ1) is 14.9. The summed E-state index contributed by atoms with van der Waals surface area (Å²) < 4.78 is 31.6. The van der Waals surface area contributed by atoms with E-state index in [1.165, 1.54) is 0 Å². The number of sulfone groups is 1. The van der Waals surface area contributed by atoms with Gasteiger partial charge in [0.15, 0.2) is 9.84 Å². The number of aryl methyl sites for hydroxylation is 1. The second-order valence-electron chi connectivity index (χ2n) is 7.89. The molecule has 1 aliphatic heterocycles. The molecule has 162 valence electrons. The third-order valence-corrected chi connectivity index (χ3v) is 7.22. The Morgan fingerprint density at radius 2 is 1.87 bits per heavy atom. The molecule has 0 amide bonds. The van der Waals surface area contributed by atoms with Gasteiger partial charge in [-0.05, 0) is 42.8 Å². The summed E-state index contributed by atoms with van der Waals surface area (Å²) in [5.74, 6) is 2.02. The Bertz CT molecular complexity index is 1140. The fourth-order valence-corrected chi connectivity index (χ4v) is 5.75. The van der Waals surface area contributed by atoms with Crippen molar-refractivity contribution in [1.29, 1.82) is 0 Å². The first-order valence-electron chi connectivity index (χ1n) is 10.3. The molecule has 0 N–H and O–H groups in total. The molecule has 0 saturated carbocycles. The summed E-state index contributed by atoms with van der Waals surface area (Å²) in [6, 6.07) is 17.6. The normalized spacial score (nSPS) is 17.7. The van der Waals surface area contributed by atoms with Crippen LogP contribution in [0.15, 0.2) is 73.4 Å². The molecule has 0 unspecified atom stereocenters. The minimum Gasteiger partial charge on any atom is -0.457 e. The first kappa shape index (κ1) is 21.3. The summed E-state index contributed by atoms with van der Waals surface area (Å²) in [7, 11) is -1.05. The third-order valence-electron chi connectivity index (χ3n) is 5.47. The van der Waals surface area contributed by atoms with Crippen LogP contribution in [0, 0.1) is 0 Å². The number of aromatic nitrogens is 2. The van der Waals surface area contributed by atoms with Gasteiger partial charge in [0.2, 0.25) is 0 Å². The largest absolute Gasteiger partial charge is 0.457 e. The highest BCUT2D eigenvalue weighted by atomic mass is 32.2. The van der Waals surface area contributed by atoms with Gasteiger partial charge in [0, 0.05) is 43.5 Å². The molecule has 0 aliphatic carbocycles. The SMILES string of the molecule is C=CCN(Cc1cn(C)nc1-c1ccc(Oc2ccccc2)cc1)[C@H]1CCS(=O)(=O)C1. The van der Waals surface area contributed by atoms with Crippen LogP contribution in [0.5, 0.6) is 11.5 Å². The van der Waals surface area contributed by atoms with Gasteiger partial charge in [0.05, 0.1) is 17.2 Å². The predicted octanol–water partition coefficient (Wildman–Crippen LogP) is 4.05. The van der Waals surface area contributed by atoms with Gasteiger partial charge < -0.3 is 4.74 Å². The molecule has 1 fully saturated rings. The molecular weight excluding hydrogens is 410 g/mol. The van der Waals surface area contributed by atoms with E-state index in [9.17, 15) is 8.42 Å². The van der Waals surface area contributed by atoms with Crippen LogP contribution < -0.4 is 4.74 Å². The molecular formula is C24H27N3O3S. The van der Waals surface area contributed by atoms with Crippen molar-refractivity contribution in [3.63, 3.8) is 0 Å². The number of hydrogen-bond acceptors (Lipinski definition) is 5. The summed E-state index contributed by atoms with van der Waals surface area (Å²) in [5, 5.41) is 4.67. The van der Waals surface area contributed by atoms with Gasteiger partial charge >= 0.3 is 0 Å². The second kappa shape index (κ2) is 9.08. The Hall–Kier alpha value is -2.90. The maximum absolute atomic E-state index is 12.0. The Kier molecular flexibility index (Phi) is 6.25. The molecule has 2 aromatic carbocycles. The Balaban J connectivity index is 1.54. The number of benzene rings is 2. The molecule has 1 aliphatic rings. The van der Waals surface area contributed by atoms with E-state index in [0.717, 1.165) is 28.3 Å². The Labute approximate surface area is 183 Å². The van der Waals surface area contributed by atoms with E-state index in [0.29, 0.717) is 19.5 Å². The molecule has 0 bridgehead atoms. The lowest BCUT2D eigenvalue weighted by molar-refractivity contribution is 0.227. The Morgan fingerprint density at radius 1 is 1.16 bits per heavy atom. The maximum atomic E-state index is 12.0. The molecule has 0 spiro atoms. The summed E-state index contributed by atoms with van der Waals surface area (Å²) in [6.07, 6.45) is 4.50. The van der Waals surface area contributed by atoms with E-state index >= 15 is 0 Å². The average Bonchev–Trinajstić information content (AvgIpc) is 3.30. The molecule has 1 atom stereocenters. The summed E-state index contributed by atoms with van der Waals surface area (Å²) in [5.41, 5.74) is 2.95. The van der Waals surface area contributed by atoms with Crippen molar-refractivity contribution >= 4 is 9.84 Å². The van der Waals surface area contributed by atoms with Gasteiger partial charge in [-0.2, -0.15) is 5.10 Å². The van der Waals surface area contributed by atoms with Crippen molar-refractivity contribution in [3.05, 3.63) is 79.0 Å². The van der Waals surface area contributed by atoms with Crippen LogP contribution in [0.25, 0.3) is 11.3 Å². The van der Waals surface area contributed by atoms with Crippen LogP contribution in [0.3, 0.4) is 0 Å². The number of hydrogen-bond donors (Lipinski definition) is 0. The monoisotopic (exact) mass is 437 g/mol. The molecule has 1 saturated heterocycles. The summed E-state index contributed by atoms with van der Waals surface area (Å²) in [6.45, 7) is 5.11. The standard InChI is InChI=1S/C24H27N3O3S/c1-3-14-27(21-13-15-31(28,29)18-21)17-20-16-26(2)25-24(20)19-9-11-23(12-10-19)30-22-7-5-4-6-8-22/h3-12,16,21H,1,13-15,17-18H2,2H3/t21-/m0/s1. The fourth-order valence-electron chi connectivity index (χ4n) is 3.99. The number of ether oxygens (including phenoxy) is 1.